The molecule has 0 bridgehead atoms. The van der Waals surface area contributed by atoms with Crippen molar-refractivity contribution in [2.75, 3.05) is 0 Å². The Morgan fingerprint density at radius 2 is 1.64 bits per heavy atom. The minimum Gasteiger partial charge on any atom is -0.479 e. The predicted octanol–water partition coefficient (Wildman–Crippen LogP) is 0.655. The monoisotopic (exact) mass is 202 g/mol. The predicted molar refractivity (Wildman–Crippen MR) is 50.9 cm³/mol. The van der Waals surface area contributed by atoms with E-state index in [9.17, 15) is 9.59 Å². The normalized spacial score (nSPS) is 12.2. The van der Waals surface area contributed by atoms with Crippen LogP contribution in [0.5, 0.6) is 0 Å². The van der Waals surface area contributed by atoms with Crippen LogP contribution in [0.2, 0.25) is 0 Å². The highest BCUT2D eigenvalue weighted by Gasteiger charge is 2.01. The number of carboxylic acid groups (broad SMARTS) is 2. The summed E-state index contributed by atoms with van der Waals surface area (Å²) in [6, 6.07) is 0. The van der Waals surface area contributed by atoms with Crippen molar-refractivity contribution in [2.24, 2.45) is 0 Å². The van der Waals surface area contributed by atoms with Gasteiger partial charge >= 0.3 is 11.9 Å². The fourth-order valence-electron chi connectivity index (χ4n) is 0.249. The van der Waals surface area contributed by atoms with Crippen LogP contribution in [0, 0.1) is 0 Å². The molecule has 0 saturated heterocycles. The van der Waals surface area contributed by atoms with Crippen molar-refractivity contribution >= 4 is 11.9 Å². The first-order chi connectivity index (χ1) is 6.41. The summed E-state index contributed by atoms with van der Waals surface area (Å²) in [5.74, 6) is -2.10. The van der Waals surface area contributed by atoms with Gasteiger partial charge in [-0.2, -0.15) is 0 Å². The van der Waals surface area contributed by atoms with Crippen molar-refractivity contribution in [3.63, 3.8) is 0 Å². The Morgan fingerprint density at radius 3 is 1.86 bits per heavy atom. The zero-order valence-corrected chi connectivity index (χ0v) is 8.04. The lowest BCUT2D eigenvalue weighted by Gasteiger charge is -1.89. The van der Waals surface area contributed by atoms with E-state index in [2.05, 4.69) is 0 Å². The van der Waals surface area contributed by atoms with Gasteiger partial charge in [-0.15, -0.1) is 0 Å². The van der Waals surface area contributed by atoms with E-state index in [0.717, 1.165) is 6.08 Å². The van der Waals surface area contributed by atoms with Crippen molar-refractivity contribution in [2.45, 2.75) is 20.0 Å². The topological polar surface area (TPSA) is 94.8 Å². The molecule has 5 nitrogen and oxygen atoms in total. The van der Waals surface area contributed by atoms with E-state index >= 15 is 0 Å². The molecule has 0 spiro atoms. The lowest BCUT2D eigenvalue weighted by Crippen LogP contribution is -2.13. The number of aliphatic hydroxyl groups is 1. The van der Waals surface area contributed by atoms with Crippen LogP contribution in [0.1, 0.15) is 13.8 Å². The molecule has 0 aliphatic rings. The van der Waals surface area contributed by atoms with Crippen molar-refractivity contribution in [1.29, 1.82) is 0 Å². The quantitative estimate of drug-likeness (QED) is 0.461. The molecule has 0 amide bonds. The maximum atomic E-state index is 9.75. The maximum absolute atomic E-state index is 9.75. The van der Waals surface area contributed by atoms with Gasteiger partial charge < -0.3 is 15.3 Å². The zero-order valence-electron chi connectivity index (χ0n) is 8.04. The summed E-state index contributed by atoms with van der Waals surface area (Å²) in [4.78, 5) is 19.2. The molecule has 0 aliphatic heterocycles. The van der Waals surface area contributed by atoms with Crippen LogP contribution in [-0.4, -0.2) is 33.4 Å². The first-order valence-electron chi connectivity index (χ1n) is 3.85. The number of allylic oxidation sites excluding steroid dienone is 3. The van der Waals surface area contributed by atoms with Gasteiger partial charge in [0.1, 0.15) is 6.10 Å². The largest absolute Gasteiger partial charge is 0.479 e. The standard InChI is InChI=1S/C6H8O2.C3H6O3/c1-2-3-4-5-6(7)8;1-2(4)3(5)6/h2-5H,1H3,(H,7,8);2,4H,1H3,(H,5,6). The summed E-state index contributed by atoms with van der Waals surface area (Å²) in [5, 5.41) is 23.8. The van der Waals surface area contributed by atoms with Gasteiger partial charge in [-0.1, -0.05) is 18.2 Å². The van der Waals surface area contributed by atoms with E-state index in [0.29, 0.717) is 0 Å². The first kappa shape index (κ1) is 14.9. The van der Waals surface area contributed by atoms with E-state index < -0.39 is 18.0 Å². The Kier molecular flexibility index (Phi) is 10.1. The van der Waals surface area contributed by atoms with Gasteiger partial charge in [0.15, 0.2) is 0 Å². The molecule has 0 heterocycles. The number of aliphatic carboxylic acids is 2. The summed E-state index contributed by atoms with van der Waals surface area (Å²) >= 11 is 0. The molecule has 0 aromatic heterocycles. The third-order valence-electron chi connectivity index (χ3n) is 0.900. The molecule has 14 heavy (non-hydrogen) atoms. The lowest BCUT2D eigenvalue weighted by atomic mass is 10.4. The summed E-state index contributed by atoms with van der Waals surface area (Å²) in [6.07, 6.45) is 4.75. The first-order valence-corrected chi connectivity index (χ1v) is 3.85. The highest BCUT2D eigenvalue weighted by atomic mass is 16.4. The zero-order chi connectivity index (χ0) is 11.6. The molecule has 1 atom stereocenters. The Balaban J connectivity index is 0. The number of aliphatic hydroxyl groups excluding tert-OH is 1. The minimum absolute atomic E-state index is 0.914. The number of carboxylic acids is 2. The molecule has 1 unspecified atom stereocenters. The van der Waals surface area contributed by atoms with Crippen molar-refractivity contribution in [3.05, 3.63) is 24.3 Å². The van der Waals surface area contributed by atoms with Crippen molar-refractivity contribution in [1.82, 2.24) is 0 Å². The third-order valence-corrected chi connectivity index (χ3v) is 0.900. The van der Waals surface area contributed by atoms with Gasteiger partial charge in [-0.25, -0.2) is 9.59 Å². The molecule has 0 aliphatic carbocycles. The Bertz CT molecular complexity index is 227. The molecule has 3 N–H and O–H groups in total. The van der Waals surface area contributed by atoms with Crippen LogP contribution < -0.4 is 0 Å². The SMILES string of the molecule is CC(O)C(=O)O.CC=CC=CC(=O)O. The molecule has 0 saturated carbocycles. The second-order valence-corrected chi connectivity index (χ2v) is 2.24. The smallest absolute Gasteiger partial charge is 0.332 e. The average Bonchev–Trinajstić information content (AvgIpc) is 2.05. The van der Waals surface area contributed by atoms with Gasteiger partial charge in [0, 0.05) is 6.08 Å². The van der Waals surface area contributed by atoms with Gasteiger partial charge in [0.25, 0.3) is 0 Å². The van der Waals surface area contributed by atoms with Crippen LogP contribution in [0.3, 0.4) is 0 Å². The Labute approximate surface area is 82.0 Å². The van der Waals surface area contributed by atoms with E-state index in [1.165, 1.54) is 13.0 Å². The van der Waals surface area contributed by atoms with Crippen LogP contribution in [-0.2, 0) is 9.59 Å². The van der Waals surface area contributed by atoms with Gasteiger partial charge in [0.2, 0.25) is 0 Å². The summed E-state index contributed by atoms with van der Waals surface area (Å²) < 4.78 is 0. The summed E-state index contributed by atoms with van der Waals surface area (Å²) in [6.45, 7) is 3.02. The average molecular weight is 202 g/mol. The van der Waals surface area contributed by atoms with Crippen molar-refractivity contribution in [3.8, 4) is 0 Å². The highest BCUT2D eigenvalue weighted by molar-refractivity contribution is 5.80. The number of hydrogen-bond donors (Lipinski definition) is 3. The molecule has 0 fully saturated rings. The molecule has 0 rings (SSSR count). The number of rotatable bonds is 3. The van der Waals surface area contributed by atoms with Gasteiger partial charge in [-0.05, 0) is 13.8 Å². The fourth-order valence-corrected chi connectivity index (χ4v) is 0.249. The second kappa shape index (κ2) is 9.47. The van der Waals surface area contributed by atoms with Crippen LogP contribution in [0.4, 0.5) is 0 Å². The molecule has 80 valence electrons. The highest BCUT2D eigenvalue weighted by Crippen LogP contribution is 1.74. The Hall–Kier alpha value is -1.62. The number of hydrogen-bond acceptors (Lipinski definition) is 3. The lowest BCUT2D eigenvalue weighted by molar-refractivity contribution is -0.145. The molecule has 0 aromatic rings. The molecule has 0 radical (unpaired) electrons. The summed E-state index contributed by atoms with van der Waals surface area (Å²) in [7, 11) is 0. The van der Waals surface area contributed by atoms with E-state index in [1.807, 2.05) is 6.92 Å². The van der Waals surface area contributed by atoms with Crippen LogP contribution in [0.15, 0.2) is 24.3 Å². The van der Waals surface area contributed by atoms with Gasteiger partial charge in [0.05, 0.1) is 0 Å². The Morgan fingerprint density at radius 1 is 1.21 bits per heavy atom. The maximum Gasteiger partial charge on any atom is 0.332 e. The minimum atomic E-state index is -1.23. The van der Waals surface area contributed by atoms with E-state index in [1.54, 1.807) is 12.2 Å². The van der Waals surface area contributed by atoms with E-state index in [-0.39, 0.29) is 0 Å². The fraction of sp³-hybridized carbons (Fsp3) is 0.333. The molecular weight excluding hydrogens is 188 g/mol. The second-order valence-electron chi connectivity index (χ2n) is 2.24. The number of carbonyl (C=O) groups is 2. The third kappa shape index (κ3) is 16.8. The summed E-state index contributed by atoms with van der Waals surface area (Å²) in [5.41, 5.74) is 0. The van der Waals surface area contributed by atoms with Crippen LogP contribution in [0.25, 0.3) is 0 Å². The molecule has 0 aromatic carbocycles. The molecular formula is C9H14O5. The molecule has 5 heteroatoms. The van der Waals surface area contributed by atoms with Crippen molar-refractivity contribution < 1.29 is 24.9 Å². The van der Waals surface area contributed by atoms with Crippen LogP contribution >= 0.6 is 0 Å². The van der Waals surface area contributed by atoms with E-state index in [4.69, 9.17) is 15.3 Å². The van der Waals surface area contributed by atoms with Gasteiger partial charge in [-0.3, -0.25) is 0 Å².